The Morgan fingerprint density at radius 2 is 2.32 bits per heavy atom. The van der Waals surface area contributed by atoms with Crippen LogP contribution in [0.3, 0.4) is 0 Å². The van der Waals surface area contributed by atoms with Crippen molar-refractivity contribution in [2.24, 2.45) is 0 Å². The molecule has 0 aliphatic rings. The van der Waals surface area contributed by atoms with Crippen LogP contribution in [0.5, 0.6) is 5.75 Å². The summed E-state index contributed by atoms with van der Waals surface area (Å²) >= 11 is 0. The molecular formula is C12H13N3O4. The van der Waals surface area contributed by atoms with Crippen LogP contribution >= 0.6 is 0 Å². The van der Waals surface area contributed by atoms with Crippen LogP contribution in [0, 0.1) is 22.5 Å². The van der Waals surface area contributed by atoms with E-state index in [1.165, 1.54) is 19.2 Å². The summed E-state index contributed by atoms with van der Waals surface area (Å²) < 4.78 is 4.91. The zero-order valence-electron chi connectivity index (χ0n) is 10.3. The van der Waals surface area contributed by atoms with Crippen molar-refractivity contribution >= 4 is 17.3 Å². The SMILES string of the molecule is C#CCNC(=O)CNc1cccc(OC)c1[N+](=O)[O-]. The number of nitro benzene ring substituents is 1. The first-order chi connectivity index (χ1) is 9.10. The largest absolute Gasteiger partial charge is 0.490 e. The molecule has 0 unspecified atom stereocenters. The summed E-state index contributed by atoms with van der Waals surface area (Å²) in [7, 11) is 1.34. The minimum absolute atomic E-state index is 0.112. The van der Waals surface area contributed by atoms with E-state index in [0.717, 1.165) is 0 Å². The number of carbonyl (C=O) groups is 1. The molecule has 0 saturated carbocycles. The monoisotopic (exact) mass is 263 g/mol. The summed E-state index contributed by atoms with van der Waals surface area (Å²) in [6.07, 6.45) is 4.99. The van der Waals surface area contributed by atoms with Gasteiger partial charge < -0.3 is 15.4 Å². The molecule has 0 aliphatic carbocycles. The molecule has 1 aromatic rings. The molecule has 100 valence electrons. The molecule has 1 aromatic carbocycles. The van der Waals surface area contributed by atoms with Crippen molar-refractivity contribution in [3.63, 3.8) is 0 Å². The number of hydrogen-bond acceptors (Lipinski definition) is 5. The molecule has 1 amide bonds. The number of anilines is 1. The topological polar surface area (TPSA) is 93.5 Å². The maximum absolute atomic E-state index is 11.3. The zero-order valence-corrected chi connectivity index (χ0v) is 10.3. The first-order valence-corrected chi connectivity index (χ1v) is 5.35. The van der Waals surface area contributed by atoms with Gasteiger partial charge in [-0.25, -0.2) is 0 Å². The maximum atomic E-state index is 11.3. The summed E-state index contributed by atoms with van der Waals surface area (Å²) in [4.78, 5) is 21.7. The highest BCUT2D eigenvalue weighted by molar-refractivity contribution is 5.82. The third kappa shape index (κ3) is 3.89. The summed E-state index contributed by atoms with van der Waals surface area (Å²) in [5, 5.41) is 16.1. The van der Waals surface area contributed by atoms with Crippen molar-refractivity contribution in [1.82, 2.24) is 5.32 Å². The van der Waals surface area contributed by atoms with Crippen molar-refractivity contribution < 1.29 is 14.5 Å². The van der Waals surface area contributed by atoms with Gasteiger partial charge in [0.15, 0.2) is 5.75 Å². The molecule has 1 rings (SSSR count). The molecular weight excluding hydrogens is 250 g/mol. The van der Waals surface area contributed by atoms with E-state index >= 15 is 0 Å². The molecule has 19 heavy (non-hydrogen) atoms. The minimum atomic E-state index is -0.569. The van der Waals surface area contributed by atoms with E-state index < -0.39 is 4.92 Å². The van der Waals surface area contributed by atoms with Crippen LogP contribution in [0.15, 0.2) is 18.2 Å². The van der Waals surface area contributed by atoms with Crippen LogP contribution in [-0.4, -0.2) is 31.0 Å². The Kier molecular flexibility index (Phi) is 5.17. The van der Waals surface area contributed by atoms with Gasteiger partial charge in [-0.2, -0.15) is 0 Å². The van der Waals surface area contributed by atoms with Crippen LogP contribution in [0.1, 0.15) is 0 Å². The second kappa shape index (κ2) is 6.86. The van der Waals surface area contributed by atoms with Crippen molar-refractivity contribution in [1.29, 1.82) is 0 Å². The van der Waals surface area contributed by atoms with Crippen LogP contribution in [0.4, 0.5) is 11.4 Å². The molecule has 7 nitrogen and oxygen atoms in total. The molecule has 7 heteroatoms. The van der Waals surface area contributed by atoms with Gasteiger partial charge in [-0.05, 0) is 12.1 Å². The van der Waals surface area contributed by atoms with Crippen LogP contribution in [0.25, 0.3) is 0 Å². The highest BCUT2D eigenvalue weighted by Gasteiger charge is 2.20. The van der Waals surface area contributed by atoms with Crippen LogP contribution in [-0.2, 0) is 4.79 Å². The van der Waals surface area contributed by atoms with Crippen LogP contribution < -0.4 is 15.4 Å². The molecule has 0 fully saturated rings. The number of amides is 1. The molecule has 0 heterocycles. The lowest BCUT2D eigenvalue weighted by atomic mass is 10.2. The second-order valence-electron chi connectivity index (χ2n) is 3.45. The van der Waals surface area contributed by atoms with Gasteiger partial charge in [0.05, 0.1) is 25.1 Å². The fourth-order valence-corrected chi connectivity index (χ4v) is 1.41. The van der Waals surface area contributed by atoms with Crippen molar-refractivity contribution in [2.45, 2.75) is 0 Å². The van der Waals surface area contributed by atoms with E-state index in [1.54, 1.807) is 6.07 Å². The Bertz CT molecular complexity index is 522. The van der Waals surface area contributed by atoms with Gasteiger partial charge in [0, 0.05) is 0 Å². The van der Waals surface area contributed by atoms with Gasteiger partial charge in [-0.15, -0.1) is 6.42 Å². The van der Waals surface area contributed by atoms with Gasteiger partial charge in [0.25, 0.3) is 0 Å². The summed E-state index contributed by atoms with van der Waals surface area (Å²) in [6.45, 7) is -0.00357. The number of nitrogens with one attached hydrogen (secondary N) is 2. The Morgan fingerprint density at radius 3 is 2.89 bits per heavy atom. The third-order valence-electron chi connectivity index (χ3n) is 2.23. The molecule has 0 aromatic heterocycles. The van der Waals surface area contributed by atoms with Gasteiger partial charge in [0.1, 0.15) is 5.69 Å². The standard InChI is InChI=1S/C12H13N3O4/c1-3-7-13-11(16)8-14-9-5-4-6-10(19-2)12(9)15(17)18/h1,4-6,14H,7-8H2,2H3,(H,13,16). The van der Waals surface area contributed by atoms with Crippen molar-refractivity contribution in [3.05, 3.63) is 28.3 Å². The van der Waals surface area contributed by atoms with E-state index in [9.17, 15) is 14.9 Å². The average molecular weight is 263 g/mol. The Hall–Kier alpha value is -2.75. The summed E-state index contributed by atoms with van der Waals surface area (Å²) in [5.41, 5.74) is -0.00467. The lowest BCUT2D eigenvalue weighted by Gasteiger charge is -2.09. The fraction of sp³-hybridized carbons (Fsp3) is 0.250. The third-order valence-corrected chi connectivity index (χ3v) is 2.23. The van der Waals surface area contributed by atoms with E-state index in [1.807, 2.05) is 0 Å². The van der Waals surface area contributed by atoms with Crippen molar-refractivity contribution in [2.75, 3.05) is 25.5 Å². The molecule has 0 atom stereocenters. The molecule has 0 spiro atoms. The Labute approximate surface area is 110 Å². The van der Waals surface area contributed by atoms with Gasteiger partial charge in [-0.3, -0.25) is 14.9 Å². The molecule has 0 radical (unpaired) electrons. The van der Waals surface area contributed by atoms with Gasteiger partial charge >= 0.3 is 5.69 Å². The van der Waals surface area contributed by atoms with E-state index in [0.29, 0.717) is 0 Å². The number of ether oxygens (including phenoxy) is 1. The smallest absolute Gasteiger partial charge is 0.333 e. The number of carbonyl (C=O) groups excluding carboxylic acids is 1. The predicted octanol–water partition coefficient (Wildman–Crippen LogP) is 0.765. The normalized spacial score (nSPS) is 9.26. The lowest BCUT2D eigenvalue weighted by Crippen LogP contribution is -2.30. The minimum Gasteiger partial charge on any atom is -0.490 e. The van der Waals surface area contributed by atoms with E-state index in [4.69, 9.17) is 11.2 Å². The number of nitrogens with zero attached hydrogens (tertiary/aromatic N) is 1. The van der Waals surface area contributed by atoms with Crippen molar-refractivity contribution in [3.8, 4) is 18.1 Å². The first kappa shape index (κ1) is 14.3. The second-order valence-corrected chi connectivity index (χ2v) is 3.45. The number of methoxy groups -OCH3 is 1. The number of rotatable bonds is 6. The Balaban J connectivity index is 2.81. The molecule has 0 aliphatic heterocycles. The first-order valence-electron chi connectivity index (χ1n) is 5.35. The van der Waals surface area contributed by atoms with Gasteiger partial charge in [0.2, 0.25) is 5.91 Å². The Morgan fingerprint density at radius 1 is 1.58 bits per heavy atom. The van der Waals surface area contributed by atoms with E-state index in [2.05, 4.69) is 16.6 Å². The maximum Gasteiger partial charge on any atom is 0.333 e. The van der Waals surface area contributed by atoms with Crippen LogP contribution in [0.2, 0.25) is 0 Å². The molecule has 2 N–H and O–H groups in total. The summed E-state index contributed by atoms with van der Waals surface area (Å²) in [6, 6.07) is 4.56. The predicted molar refractivity (Wildman–Crippen MR) is 70.0 cm³/mol. The number of nitro groups is 1. The molecule has 0 saturated heterocycles. The highest BCUT2D eigenvalue weighted by atomic mass is 16.6. The van der Waals surface area contributed by atoms with Gasteiger partial charge in [-0.1, -0.05) is 12.0 Å². The number of para-hydroxylation sites is 1. The quantitative estimate of drug-likeness (QED) is 0.449. The lowest BCUT2D eigenvalue weighted by molar-refractivity contribution is -0.384. The number of hydrogen-bond donors (Lipinski definition) is 2. The number of benzene rings is 1. The highest BCUT2D eigenvalue weighted by Crippen LogP contribution is 2.34. The fourth-order valence-electron chi connectivity index (χ4n) is 1.41. The average Bonchev–Trinajstić information content (AvgIpc) is 2.41. The summed E-state index contributed by atoms with van der Waals surface area (Å²) in [5.74, 6) is 2.03. The number of terminal acetylenes is 1. The molecule has 0 bridgehead atoms. The zero-order chi connectivity index (χ0) is 14.3. The van der Waals surface area contributed by atoms with E-state index in [-0.39, 0.29) is 36.1 Å².